The molecular weight excluding hydrogens is 467 g/mol. The van der Waals surface area contributed by atoms with Crippen LogP contribution in [0.5, 0.6) is 6.01 Å². The Morgan fingerprint density at radius 1 is 1.25 bits per heavy atom. The van der Waals surface area contributed by atoms with Crippen molar-refractivity contribution in [2.45, 2.75) is 19.4 Å². The Morgan fingerprint density at radius 3 is 2.81 bits per heavy atom. The van der Waals surface area contributed by atoms with Crippen LogP contribution >= 0.6 is 0 Å². The lowest BCUT2D eigenvalue weighted by Gasteiger charge is -2.14. The van der Waals surface area contributed by atoms with Gasteiger partial charge in [0.05, 0.1) is 17.5 Å². The maximum absolute atomic E-state index is 14.5. The van der Waals surface area contributed by atoms with E-state index in [1.165, 1.54) is 17.8 Å². The molecule has 0 radical (unpaired) electrons. The summed E-state index contributed by atoms with van der Waals surface area (Å²) in [6.45, 7) is 2.43. The van der Waals surface area contributed by atoms with Crippen molar-refractivity contribution in [3.05, 3.63) is 48.0 Å². The van der Waals surface area contributed by atoms with Crippen molar-refractivity contribution >= 4 is 45.0 Å². The number of benzene rings is 2. The number of halogens is 1. The first-order chi connectivity index (χ1) is 17.2. The van der Waals surface area contributed by atoms with E-state index in [1.807, 2.05) is 6.92 Å². The van der Waals surface area contributed by atoms with Crippen LogP contribution in [0.3, 0.4) is 0 Å². The van der Waals surface area contributed by atoms with Crippen molar-refractivity contribution in [1.82, 2.24) is 25.1 Å². The zero-order valence-electron chi connectivity index (χ0n) is 20.1. The monoisotopic (exact) mass is 494 g/mol. The molecule has 0 aliphatic heterocycles. The van der Waals surface area contributed by atoms with Crippen LogP contribution in [0.15, 0.2) is 36.7 Å². The number of carbonyl (C=O) groups excluding carboxylic acids is 2. The van der Waals surface area contributed by atoms with Gasteiger partial charge in [-0.15, -0.1) is 0 Å². The number of hydrogen-bond acceptors (Lipinski definition) is 8. The van der Waals surface area contributed by atoms with E-state index in [9.17, 15) is 14.0 Å². The molecule has 0 fully saturated rings. The third kappa shape index (κ3) is 5.49. The van der Waals surface area contributed by atoms with Crippen LogP contribution in [-0.2, 0) is 11.8 Å². The number of fused-ring (bicyclic) bond motifs is 2. The first-order valence-corrected chi connectivity index (χ1v) is 11.3. The number of nitrogens with one attached hydrogen (secondary N) is 3. The van der Waals surface area contributed by atoms with Crippen molar-refractivity contribution in [3.63, 3.8) is 0 Å². The van der Waals surface area contributed by atoms with Gasteiger partial charge in [0.2, 0.25) is 5.91 Å². The molecule has 11 nitrogen and oxygen atoms in total. The van der Waals surface area contributed by atoms with E-state index in [0.29, 0.717) is 28.5 Å². The van der Waals surface area contributed by atoms with Gasteiger partial charge in [-0.25, -0.2) is 9.37 Å². The summed E-state index contributed by atoms with van der Waals surface area (Å²) in [5.74, 6) is -1.22. The summed E-state index contributed by atoms with van der Waals surface area (Å²) < 4.78 is 21.5. The molecule has 188 valence electrons. The van der Waals surface area contributed by atoms with Gasteiger partial charge in [0.1, 0.15) is 12.1 Å². The standard InChI is InChI=1S/C24H27FN8O3/c1-13(26)10-28-19-5-4-16(22-17(19)11-29-24(31-22)36-7-6-20(34)27-2)23(35)30-15-8-14-12-33(3)32-21(14)18(25)9-15/h4-5,8-9,11-13,28H,6-7,10,26H2,1-3H3,(H,27,34)(H,30,35)/t13-/m0/s1. The molecule has 2 heterocycles. The number of amides is 2. The maximum Gasteiger partial charge on any atom is 0.316 e. The Hall–Kier alpha value is -4.32. The van der Waals surface area contributed by atoms with E-state index in [4.69, 9.17) is 10.5 Å². The van der Waals surface area contributed by atoms with Crippen LogP contribution in [0.1, 0.15) is 23.7 Å². The van der Waals surface area contributed by atoms with E-state index in [-0.39, 0.29) is 47.8 Å². The predicted molar refractivity (Wildman–Crippen MR) is 134 cm³/mol. The van der Waals surface area contributed by atoms with Gasteiger partial charge in [-0.2, -0.15) is 10.1 Å². The van der Waals surface area contributed by atoms with Crippen molar-refractivity contribution < 1.29 is 18.7 Å². The number of aromatic nitrogens is 4. The summed E-state index contributed by atoms with van der Waals surface area (Å²) in [7, 11) is 3.23. The second kappa shape index (κ2) is 10.5. The second-order valence-electron chi connectivity index (χ2n) is 8.36. The number of nitrogens with two attached hydrogens (primary N) is 1. The van der Waals surface area contributed by atoms with Crippen LogP contribution in [0.4, 0.5) is 15.8 Å². The van der Waals surface area contributed by atoms with Gasteiger partial charge in [0.25, 0.3) is 5.91 Å². The van der Waals surface area contributed by atoms with E-state index >= 15 is 0 Å². The molecule has 0 unspecified atom stereocenters. The fourth-order valence-electron chi connectivity index (χ4n) is 3.62. The molecule has 5 N–H and O–H groups in total. The van der Waals surface area contributed by atoms with Gasteiger partial charge in [0, 0.05) is 61.2 Å². The van der Waals surface area contributed by atoms with E-state index in [1.54, 1.807) is 37.6 Å². The number of aryl methyl sites for hydroxylation is 1. The summed E-state index contributed by atoms with van der Waals surface area (Å²) in [5.41, 5.74) is 7.63. The molecule has 12 heteroatoms. The lowest BCUT2D eigenvalue weighted by Crippen LogP contribution is -2.25. The van der Waals surface area contributed by atoms with E-state index in [0.717, 1.165) is 0 Å². The van der Waals surface area contributed by atoms with E-state index < -0.39 is 11.7 Å². The number of rotatable bonds is 9. The Labute approximate surface area is 206 Å². The number of hydrogen-bond donors (Lipinski definition) is 4. The van der Waals surface area contributed by atoms with Gasteiger partial charge in [0.15, 0.2) is 5.82 Å². The van der Waals surface area contributed by atoms with Crippen LogP contribution in [0.25, 0.3) is 21.8 Å². The molecule has 2 aromatic carbocycles. The van der Waals surface area contributed by atoms with Gasteiger partial charge in [-0.1, -0.05) is 0 Å². The SMILES string of the molecule is CNC(=O)CCOc1ncc2c(NC[C@H](C)N)ccc(C(=O)Nc3cc(F)c4nn(C)cc4c3)c2n1. The predicted octanol–water partition coefficient (Wildman–Crippen LogP) is 2.18. The molecule has 2 aromatic heterocycles. The first-order valence-electron chi connectivity index (χ1n) is 11.3. The molecule has 1 atom stereocenters. The number of anilines is 2. The van der Waals surface area contributed by atoms with Crippen molar-refractivity contribution in [2.75, 3.05) is 30.8 Å². The van der Waals surface area contributed by atoms with Crippen molar-refractivity contribution in [1.29, 1.82) is 0 Å². The normalized spacial score (nSPS) is 11.9. The molecular formula is C24H27FN8O3. The van der Waals surface area contributed by atoms with Crippen LogP contribution < -0.4 is 26.4 Å². The molecule has 0 aliphatic carbocycles. The minimum absolute atomic E-state index is 0.0209. The molecule has 4 rings (SSSR count). The Morgan fingerprint density at radius 2 is 2.06 bits per heavy atom. The highest BCUT2D eigenvalue weighted by Crippen LogP contribution is 2.28. The lowest BCUT2D eigenvalue weighted by molar-refractivity contribution is -0.121. The van der Waals surface area contributed by atoms with Gasteiger partial charge < -0.3 is 26.4 Å². The summed E-state index contributed by atoms with van der Waals surface area (Å²) in [4.78, 5) is 33.4. The summed E-state index contributed by atoms with van der Waals surface area (Å²) in [6.07, 6.45) is 3.33. The maximum atomic E-state index is 14.5. The zero-order valence-corrected chi connectivity index (χ0v) is 20.1. The van der Waals surface area contributed by atoms with Crippen molar-refractivity contribution in [2.24, 2.45) is 12.8 Å². The molecule has 0 spiro atoms. The Bertz CT molecular complexity index is 1440. The Balaban J connectivity index is 1.67. The molecule has 0 aliphatic rings. The largest absolute Gasteiger partial charge is 0.463 e. The minimum atomic E-state index is -0.544. The number of carbonyl (C=O) groups is 2. The highest BCUT2D eigenvalue weighted by molar-refractivity contribution is 6.14. The average molecular weight is 495 g/mol. The third-order valence-electron chi connectivity index (χ3n) is 5.36. The number of ether oxygens (including phenoxy) is 1. The molecule has 0 saturated heterocycles. The smallest absolute Gasteiger partial charge is 0.316 e. The topological polar surface area (TPSA) is 149 Å². The van der Waals surface area contributed by atoms with E-state index in [2.05, 4.69) is 31.0 Å². The summed E-state index contributed by atoms with van der Waals surface area (Å²) in [6, 6.07) is 6.13. The molecule has 36 heavy (non-hydrogen) atoms. The van der Waals surface area contributed by atoms with Gasteiger partial charge >= 0.3 is 6.01 Å². The highest BCUT2D eigenvalue weighted by Gasteiger charge is 2.18. The third-order valence-corrected chi connectivity index (χ3v) is 5.36. The molecule has 2 amide bonds. The van der Waals surface area contributed by atoms with Gasteiger partial charge in [-0.05, 0) is 31.2 Å². The summed E-state index contributed by atoms with van der Waals surface area (Å²) >= 11 is 0. The molecule has 0 saturated carbocycles. The summed E-state index contributed by atoms with van der Waals surface area (Å²) in [5, 5.41) is 13.7. The zero-order chi connectivity index (χ0) is 25.8. The first kappa shape index (κ1) is 24.8. The highest BCUT2D eigenvalue weighted by atomic mass is 19.1. The van der Waals surface area contributed by atoms with Crippen molar-refractivity contribution in [3.8, 4) is 6.01 Å². The fraction of sp³-hybridized carbons (Fsp3) is 0.292. The fourth-order valence-corrected chi connectivity index (χ4v) is 3.62. The number of nitrogens with zero attached hydrogens (tertiary/aromatic N) is 4. The minimum Gasteiger partial charge on any atom is -0.463 e. The Kier molecular flexibility index (Phi) is 7.25. The second-order valence-corrected chi connectivity index (χ2v) is 8.36. The lowest BCUT2D eigenvalue weighted by atomic mass is 10.1. The van der Waals surface area contributed by atoms with Crippen LogP contribution in [0.2, 0.25) is 0 Å². The molecule has 4 aromatic rings. The van der Waals surface area contributed by atoms with Crippen LogP contribution in [0, 0.1) is 5.82 Å². The quantitative estimate of drug-likeness (QED) is 0.277. The van der Waals surface area contributed by atoms with Gasteiger partial charge in [-0.3, -0.25) is 14.3 Å². The molecule has 0 bridgehead atoms. The average Bonchev–Trinajstić information content (AvgIpc) is 3.22. The van der Waals surface area contributed by atoms with Crippen LogP contribution in [-0.4, -0.2) is 57.8 Å².